The fraction of sp³-hybridized carbons (Fsp3) is 0.588. The van der Waals surface area contributed by atoms with Crippen molar-refractivity contribution in [2.75, 3.05) is 7.05 Å². The molecule has 1 aliphatic carbocycles. The summed E-state index contributed by atoms with van der Waals surface area (Å²) in [6.07, 6.45) is 6.80. The Balaban J connectivity index is 1.98. The minimum absolute atomic E-state index is 0.484. The third-order valence-electron chi connectivity index (χ3n) is 4.60. The number of nitrogens with two attached hydrogens (primary N) is 1. The van der Waals surface area contributed by atoms with E-state index in [1.165, 1.54) is 37.7 Å². The lowest BCUT2D eigenvalue weighted by Crippen LogP contribution is -2.35. The lowest BCUT2D eigenvalue weighted by Gasteiger charge is -2.35. The van der Waals surface area contributed by atoms with Gasteiger partial charge in [-0.25, -0.2) is 0 Å². The van der Waals surface area contributed by atoms with Crippen LogP contribution in [0.4, 0.5) is 0 Å². The van der Waals surface area contributed by atoms with E-state index < -0.39 is 0 Å². The van der Waals surface area contributed by atoms with Crippen LogP contribution >= 0.6 is 12.2 Å². The van der Waals surface area contributed by atoms with Gasteiger partial charge in [0.2, 0.25) is 0 Å². The topological polar surface area (TPSA) is 29.3 Å². The summed E-state index contributed by atoms with van der Waals surface area (Å²) < 4.78 is 0. The molecule has 0 spiro atoms. The number of rotatable bonds is 5. The predicted molar refractivity (Wildman–Crippen MR) is 89.8 cm³/mol. The zero-order chi connectivity index (χ0) is 14.5. The van der Waals surface area contributed by atoms with E-state index in [4.69, 9.17) is 18.0 Å². The van der Waals surface area contributed by atoms with Crippen molar-refractivity contribution in [3.8, 4) is 0 Å². The molecule has 2 nitrogen and oxygen atoms in total. The van der Waals surface area contributed by atoms with Crippen molar-refractivity contribution in [1.82, 2.24) is 4.90 Å². The van der Waals surface area contributed by atoms with Crippen LogP contribution in [-0.2, 0) is 6.54 Å². The van der Waals surface area contributed by atoms with Crippen LogP contribution < -0.4 is 5.73 Å². The molecule has 0 amide bonds. The summed E-state index contributed by atoms with van der Waals surface area (Å²) >= 11 is 5.06. The zero-order valence-electron chi connectivity index (χ0n) is 12.6. The summed E-state index contributed by atoms with van der Waals surface area (Å²) in [4.78, 5) is 2.98. The second kappa shape index (κ2) is 7.19. The number of hydrogen-bond acceptors (Lipinski definition) is 2. The van der Waals surface area contributed by atoms with Gasteiger partial charge in [-0.15, -0.1) is 0 Å². The van der Waals surface area contributed by atoms with E-state index in [1.54, 1.807) is 0 Å². The van der Waals surface area contributed by atoms with E-state index in [0.29, 0.717) is 4.99 Å². The molecule has 2 rings (SSSR count). The molecule has 0 heterocycles. The number of thiocarbonyl (C=S) groups is 1. The van der Waals surface area contributed by atoms with Crippen LogP contribution in [-0.4, -0.2) is 23.0 Å². The molecule has 3 heteroatoms. The second-order valence-corrected chi connectivity index (χ2v) is 6.51. The summed E-state index contributed by atoms with van der Waals surface area (Å²) in [6, 6.07) is 9.05. The Kier molecular flexibility index (Phi) is 5.55. The smallest absolute Gasteiger partial charge is 0.103 e. The molecule has 2 atom stereocenters. The number of nitrogens with zero attached hydrogens (tertiary/aromatic N) is 1. The molecule has 0 radical (unpaired) electrons. The highest BCUT2D eigenvalue weighted by molar-refractivity contribution is 7.80. The van der Waals surface area contributed by atoms with Gasteiger partial charge in [0.1, 0.15) is 4.99 Å². The molecule has 0 saturated heterocycles. The molecule has 20 heavy (non-hydrogen) atoms. The summed E-state index contributed by atoms with van der Waals surface area (Å²) in [7, 11) is 2.25. The monoisotopic (exact) mass is 290 g/mol. The summed E-state index contributed by atoms with van der Waals surface area (Å²) in [5.74, 6) is 0.916. The molecular formula is C17H26N2S. The van der Waals surface area contributed by atoms with Gasteiger partial charge in [0.05, 0.1) is 0 Å². The van der Waals surface area contributed by atoms with Crippen molar-refractivity contribution in [3.63, 3.8) is 0 Å². The van der Waals surface area contributed by atoms with Gasteiger partial charge in [0, 0.05) is 18.2 Å². The lowest BCUT2D eigenvalue weighted by molar-refractivity contribution is 0.150. The van der Waals surface area contributed by atoms with Crippen LogP contribution in [0.15, 0.2) is 24.3 Å². The Hall–Kier alpha value is -0.930. The molecule has 0 bridgehead atoms. The molecule has 110 valence electrons. The largest absolute Gasteiger partial charge is 0.389 e. The van der Waals surface area contributed by atoms with Gasteiger partial charge in [-0.05, 0) is 37.4 Å². The minimum Gasteiger partial charge on any atom is -0.389 e. The maximum Gasteiger partial charge on any atom is 0.103 e. The molecule has 0 aliphatic heterocycles. The van der Waals surface area contributed by atoms with Crippen molar-refractivity contribution in [2.45, 2.75) is 51.6 Å². The van der Waals surface area contributed by atoms with E-state index >= 15 is 0 Å². The molecule has 1 aliphatic rings. The first-order valence-corrected chi connectivity index (χ1v) is 8.10. The third kappa shape index (κ3) is 4.03. The first-order chi connectivity index (χ1) is 9.60. The zero-order valence-corrected chi connectivity index (χ0v) is 13.5. The van der Waals surface area contributed by atoms with E-state index in [1.807, 2.05) is 12.1 Å². The standard InChI is InChI=1S/C17H26N2S/c1-3-13-6-5-9-16(11-13)19(2)12-14-7-4-8-15(10-14)17(18)20/h4,7-8,10,13,16H,3,5-6,9,11-12H2,1-2H3,(H2,18,20). The normalized spacial score (nSPS) is 22.9. The van der Waals surface area contributed by atoms with Crippen LogP contribution in [0.3, 0.4) is 0 Å². The minimum atomic E-state index is 0.484. The first kappa shape index (κ1) is 15.5. The van der Waals surface area contributed by atoms with Crippen LogP contribution in [0, 0.1) is 5.92 Å². The van der Waals surface area contributed by atoms with E-state index in [9.17, 15) is 0 Å². The molecule has 2 N–H and O–H groups in total. The third-order valence-corrected chi connectivity index (χ3v) is 4.84. The van der Waals surface area contributed by atoms with Gasteiger partial charge < -0.3 is 5.73 Å². The van der Waals surface area contributed by atoms with E-state index in [0.717, 1.165) is 24.1 Å². The Morgan fingerprint density at radius 3 is 2.90 bits per heavy atom. The maximum absolute atomic E-state index is 5.71. The van der Waals surface area contributed by atoms with Crippen LogP contribution in [0.25, 0.3) is 0 Å². The Morgan fingerprint density at radius 1 is 1.40 bits per heavy atom. The van der Waals surface area contributed by atoms with Gasteiger partial charge in [-0.1, -0.05) is 56.6 Å². The average Bonchev–Trinajstić information content (AvgIpc) is 2.47. The van der Waals surface area contributed by atoms with Crippen LogP contribution in [0.2, 0.25) is 0 Å². The Labute approximate surface area is 128 Å². The highest BCUT2D eigenvalue weighted by atomic mass is 32.1. The summed E-state index contributed by atoms with van der Waals surface area (Å²) in [5.41, 5.74) is 7.99. The van der Waals surface area contributed by atoms with Gasteiger partial charge in [-0.3, -0.25) is 4.90 Å². The van der Waals surface area contributed by atoms with Crippen molar-refractivity contribution in [2.24, 2.45) is 11.7 Å². The second-order valence-electron chi connectivity index (χ2n) is 6.07. The van der Waals surface area contributed by atoms with Crippen molar-refractivity contribution in [1.29, 1.82) is 0 Å². The number of benzene rings is 1. The molecule has 1 aromatic carbocycles. The fourth-order valence-electron chi connectivity index (χ4n) is 3.27. The SMILES string of the molecule is CCC1CCCC(N(C)Cc2cccc(C(N)=S)c2)C1. The highest BCUT2D eigenvalue weighted by Gasteiger charge is 2.23. The quantitative estimate of drug-likeness (QED) is 0.838. The van der Waals surface area contributed by atoms with Gasteiger partial charge in [0.25, 0.3) is 0 Å². The first-order valence-electron chi connectivity index (χ1n) is 7.69. The molecule has 1 aromatic rings. The molecule has 2 unspecified atom stereocenters. The van der Waals surface area contributed by atoms with Crippen molar-refractivity contribution in [3.05, 3.63) is 35.4 Å². The maximum atomic E-state index is 5.71. The van der Waals surface area contributed by atoms with E-state index in [-0.39, 0.29) is 0 Å². The molecule has 1 fully saturated rings. The Morgan fingerprint density at radius 2 is 2.20 bits per heavy atom. The predicted octanol–water partition coefficient (Wildman–Crippen LogP) is 3.72. The highest BCUT2D eigenvalue weighted by Crippen LogP contribution is 2.29. The van der Waals surface area contributed by atoms with Gasteiger partial charge in [0.15, 0.2) is 0 Å². The van der Waals surface area contributed by atoms with Crippen LogP contribution in [0.1, 0.15) is 50.2 Å². The van der Waals surface area contributed by atoms with Crippen molar-refractivity contribution >= 4 is 17.2 Å². The lowest BCUT2D eigenvalue weighted by atomic mass is 9.83. The fourth-order valence-corrected chi connectivity index (χ4v) is 3.40. The van der Waals surface area contributed by atoms with Gasteiger partial charge in [-0.2, -0.15) is 0 Å². The summed E-state index contributed by atoms with van der Waals surface area (Å²) in [5, 5.41) is 0. The average molecular weight is 290 g/mol. The molecule has 0 aromatic heterocycles. The van der Waals surface area contributed by atoms with Gasteiger partial charge >= 0.3 is 0 Å². The van der Waals surface area contributed by atoms with Crippen molar-refractivity contribution < 1.29 is 0 Å². The Bertz CT molecular complexity index is 458. The van der Waals surface area contributed by atoms with Crippen LogP contribution in [0.5, 0.6) is 0 Å². The molecular weight excluding hydrogens is 264 g/mol. The summed E-state index contributed by atoms with van der Waals surface area (Å²) in [6.45, 7) is 3.30. The van der Waals surface area contributed by atoms with E-state index in [2.05, 4.69) is 31.0 Å². The molecule has 1 saturated carbocycles. The number of hydrogen-bond donors (Lipinski definition) is 1.